The molecule has 3 heterocycles. The molecule has 1 unspecified atom stereocenters. The maximum atomic E-state index is 12.6. The van der Waals surface area contributed by atoms with Crippen LogP contribution in [0.2, 0.25) is 0 Å². The number of nitrogens with one attached hydrogen (secondary N) is 1. The first-order valence-electron chi connectivity index (χ1n) is 12.6. The number of rotatable bonds is 6. The van der Waals surface area contributed by atoms with E-state index in [0.29, 0.717) is 36.1 Å². The molecule has 1 fully saturated rings. The number of fused-ring (bicyclic) bond motifs is 2. The second-order valence-electron chi connectivity index (χ2n) is 9.46. The highest BCUT2D eigenvalue weighted by Crippen LogP contribution is 2.36. The fraction of sp³-hybridized carbons (Fsp3) is 0.241. The summed E-state index contributed by atoms with van der Waals surface area (Å²) in [4.78, 5) is 43.8. The fourth-order valence-corrected chi connectivity index (χ4v) is 5.69. The van der Waals surface area contributed by atoms with Gasteiger partial charge in [-0.2, -0.15) is 0 Å². The molecule has 198 valence electrons. The summed E-state index contributed by atoms with van der Waals surface area (Å²) in [6.07, 6.45) is 0.0156. The van der Waals surface area contributed by atoms with Gasteiger partial charge in [0.15, 0.2) is 18.1 Å². The molecule has 2 aliphatic heterocycles. The van der Waals surface area contributed by atoms with Crippen LogP contribution in [0.5, 0.6) is 11.5 Å². The molecular weight excluding hydrogens is 518 g/mol. The number of carbonyl (C=O) groups excluding carboxylic acids is 3. The quantitative estimate of drug-likeness (QED) is 0.355. The molecule has 6 rings (SSSR count). The van der Waals surface area contributed by atoms with Gasteiger partial charge in [0.1, 0.15) is 18.2 Å². The molecule has 0 saturated carbocycles. The molecule has 0 spiro atoms. The molecule has 3 aromatic carbocycles. The van der Waals surface area contributed by atoms with E-state index < -0.39 is 24.4 Å². The van der Waals surface area contributed by atoms with Gasteiger partial charge < -0.3 is 24.4 Å². The van der Waals surface area contributed by atoms with Crippen LogP contribution in [0.25, 0.3) is 20.8 Å². The van der Waals surface area contributed by atoms with Gasteiger partial charge in [0, 0.05) is 36.0 Å². The summed E-state index contributed by atoms with van der Waals surface area (Å²) in [6, 6.07) is 18.8. The van der Waals surface area contributed by atoms with Crippen molar-refractivity contribution in [2.45, 2.75) is 13.3 Å². The zero-order valence-electron chi connectivity index (χ0n) is 21.1. The number of hydrogen-bond acceptors (Lipinski definition) is 8. The van der Waals surface area contributed by atoms with Crippen molar-refractivity contribution < 1.29 is 28.6 Å². The van der Waals surface area contributed by atoms with Crippen molar-refractivity contribution in [3.8, 4) is 22.1 Å². The highest BCUT2D eigenvalue weighted by atomic mass is 32.1. The van der Waals surface area contributed by atoms with Crippen LogP contribution in [0.4, 0.5) is 11.4 Å². The highest BCUT2D eigenvalue weighted by molar-refractivity contribution is 7.21. The maximum absolute atomic E-state index is 12.6. The van der Waals surface area contributed by atoms with E-state index in [-0.39, 0.29) is 18.9 Å². The third-order valence-corrected chi connectivity index (χ3v) is 7.67. The number of esters is 1. The molecule has 10 heteroatoms. The Morgan fingerprint density at radius 1 is 1.05 bits per heavy atom. The summed E-state index contributed by atoms with van der Waals surface area (Å²) in [6.45, 7) is 2.70. The summed E-state index contributed by atoms with van der Waals surface area (Å²) in [5.74, 6) is -0.700. The molecule has 0 aliphatic carbocycles. The largest absolute Gasteiger partial charge is 0.486 e. The molecule has 39 heavy (non-hydrogen) atoms. The van der Waals surface area contributed by atoms with E-state index in [2.05, 4.69) is 23.3 Å². The molecule has 1 saturated heterocycles. The standard InChI is InChI=1S/C29H25N3O6S/c1-17-2-8-22-25(12-17)39-28(31-22)18-3-5-20(6-4-18)30-26(33)16-38-29(35)19-13-27(34)32(15-19)21-7-9-23-24(14-21)37-11-10-36-23/h2-9,12,14,19H,10-11,13,15-16H2,1H3,(H,30,33). The molecule has 1 N–H and O–H groups in total. The Kier molecular flexibility index (Phi) is 6.62. The van der Waals surface area contributed by atoms with Gasteiger partial charge in [-0.25, -0.2) is 4.98 Å². The van der Waals surface area contributed by atoms with E-state index >= 15 is 0 Å². The van der Waals surface area contributed by atoms with Gasteiger partial charge in [0.05, 0.1) is 16.1 Å². The summed E-state index contributed by atoms with van der Waals surface area (Å²) >= 11 is 1.62. The Labute approximate surface area is 228 Å². The van der Waals surface area contributed by atoms with Crippen LogP contribution in [-0.4, -0.2) is 49.1 Å². The molecule has 0 radical (unpaired) electrons. The van der Waals surface area contributed by atoms with Crippen molar-refractivity contribution in [3.05, 3.63) is 66.2 Å². The number of thiazole rings is 1. The average Bonchev–Trinajstić information content (AvgIpc) is 3.55. The molecule has 2 aliphatic rings. The first-order valence-corrected chi connectivity index (χ1v) is 13.4. The Morgan fingerprint density at radius 3 is 2.67 bits per heavy atom. The van der Waals surface area contributed by atoms with Crippen LogP contribution in [-0.2, 0) is 19.1 Å². The maximum Gasteiger partial charge on any atom is 0.311 e. The Bertz CT molecular complexity index is 1580. The average molecular weight is 544 g/mol. The van der Waals surface area contributed by atoms with Gasteiger partial charge in [-0.3, -0.25) is 14.4 Å². The smallest absolute Gasteiger partial charge is 0.311 e. The van der Waals surface area contributed by atoms with Crippen LogP contribution in [0.15, 0.2) is 60.7 Å². The molecule has 4 aromatic rings. The number of amides is 2. The number of hydrogen-bond donors (Lipinski definition) is 1. The second kappa shape index (κ2) is 10.4. The first kappa shape index (κ1) is 24.9. The van der Waals surface area contributed by atoms with Crippen LogP contribution >= 0.6 is 11.3 Å². The van der Waals surface area contributed by atoms with E-state index in [1.54, 1.807) is 41.7 Å². The molecule has 2 amide bonds. The zero-order chi connectivity index (χ0) is 26.9. The van der Waals surface area contributed by atoms with Crippen LogP contribution in [0.1, 0.15) is 12.0 Å². The highest BCUT2D eigenvalue weighted by Gasteiger charge is 2.36. The minimum Gasteiger partial charge on any atom is -0.486 e. The molecular formula is C29H25N3O6S. The van der Waals surface area contributed by atoms with Gasteiger partial charge in [-0.15, -0.1) is 11.3 Å². The Morgan fingerprint density at radius 2 is 1.85 bits per heavy atom. The lowest BCUT2D eigenvalue weighted by Gasteiger charge is -2.22. The van der Waals surface area contributed by atoms with Crippen LogP contribution in [0.3, 0.4) is 0 Å². The minimum absolute atomic E-state index is 0.0156. The predicted molar refractivity (Wildman–Crippen MR) is 147 cm³/mol. The van der Waals surface area contributed by atoms with E-state index in [1.807, 2.05) is 24.3 Å². The van der Waals surface area contributed by atoms with Crippen molar-refractivity contribution in [2.75, 3.05) is 36.6 Å². The van der Waals surface area contributed by atoms with Gasteiger partial charge in [-0.05, 0) is 61.0 Å². The second-order valence-corrected chi connectivity index (χ2v) is 10.5. The third-order valence-electron chi connectivity index (χ3n) is 6.60. The number of aryl methyl sites for hydroxylation is 1. The summed E-state index contributed by atoms with van der Waals surface area (Å²) in [5.41, 5.74) is 4.30. The molecule has 1 aromatic heterocycles. The monoisotopic (exact) mass is 543 g/mol. The third kappa shape index (κ3) is 5.28. The fourth-order valence-electron chi connectivity index (χ4n) is 4.62. The number of nitrogens with zero attached hydrogens (tertiary/aromatic N) is 2. The number of benzene rings is 3. The van der Waals surface area contributed by atoms with Crippen molar-refractivity contribution >= 4 is 50.7 Å². The summed E-state index contributed by atoms with van der Waals surface area (Å²) in [5, 5.41) is 3.64. The lowest BCUT2D eigenvalue weighted by molar-refractivity contribution is -0.151. The van der Waals surface area contributed by atoms with Crippen molar-refractivity contribution in [3.63, 3.8) is 0 Å². The number of aromatic nitrogens is 1. The Balaban J connectivity index is 1.02. The predicted octanol–water partition coefficient (Wildman–Crippen LogP) is 4.58. The van der Waals surface area contributed by atoms with Gasteiger partial charge in [0.25, 0.3) is 5.91 Å². The van der Waals surface area contributed by atoms with Gasteiger partial charge in [0.2, 0.25) is 5.91 Å². The van der Waals surface area contributed by atoms with E-state index in [4.69, 9.17) is 14.2 Å². The summed E-state index contributed by atoms with van der Waals surface area (Å²) < 4.78 is 17.5. The lowest BCUT2D eigenvalue weighted by Crippen LogP contribution is -2.28. The van der Waals surface area contributed by atoms with E-state index in [9.17, 15) is 14.4 Å². The zero-order valence-corrected chi connectivity index (χ0v) is 22.0. The van der Waals surface area contributed by atoms with E-state index in [0.717, 1.165) is 20.8 Å². The van der Waals surface area contributed by atoms with Gasteiger partial charge in [-0.1, -0.05) is 6.07 Å². The number of ether oxygens (including phenoxy) is 3. The molecule has 9 nitrogen and oxygen atoms in total. The first-order chi connectivity index (χ1) is 18.9. The van der Waals surface area contributed by atoms with Gasteiger partial charge >= 0.3 is 5.97 Å². The lowest BCUT2D eigenvalue weighted by atomic mass is 10.1. The van der Waals surface area contributed by atoms with Crippen molar-refractivity contribution in [1.82, 2.24) is 4.98 Å². The van der Waals surface area contributed by atoms with E-state index in [1.165, 1.54) is 10.5 Å². The molecule has 0 bridgehead atoms. The Hall–Kier alpha value is -4.44. The molecule has 1 atom stereocenters. The SMILES string of the molecule is Cc1ccc2nc(-c3ccc(NC(=O)COC(=O)C4CC(=O)N(c5ccc6c(c5)OCCO6)C4)cc3)sc2c1. The van der Waals surface area contributed by atoms with Crippen LogP contribution in [0, 0.1) is 12.8 Å². The van der Waals surface area contributed by atoms with Crippen molar-refractivity contribution in [1.29, 1.82) is 0 Å². The number of carbonyl (C=O) groups is 3. The minimum atomic E-state index is -0.657. The normalized spacial score (nSPS) is 16.4. The van der Waals surface area contributed by atoms with Crippen molar-refractivity contribution in [2.24, 2.45) is 5.92 Å². The summed E-state index contributed by atoms with van der Waals surface area (Å²) in [7, 11) is 0. The van der Waals surface area contributed by atoms with Crippen LogP contribution < -0.4 is 19.7 Å². The number of anilines is 2. The topological polar surface area (TPSA) is 107 Å².